The van der Waals surface area contributed by atoms with Gasteiger partial charge in [0.05, 0.1) is 43.0 Å². The second kappa shape index (κ2) is 13.1. The molecule has 1 N–H and O–H groups in total. The zero-order valence-electron chi connectivity index (χ0n) is 24.1. The highest BCUT2D eigenvalue weighted by Crippen LogP contribution is 2.31. The van der Waals surface area contributed by atoms with Crippen molar-refractivity contribution >= 4 is 11.0 Å². The molecule has 6 heterocycles. The van der Waals surface area contributed by atoms with Crippen LogP contribution in [0.15, 0.2) is 42.6 Å². The number of hydrogen-bond donors (Lipinski definition) is 1. The minimum Gasteiger partial charge on any atom is -0.473 e. The van der Waals surface area contributed by atoms with Gasteiger partial charge in [0, 0.05) is 24.3 Å². The molecular weight excluding hydrogens is 603 g/mol. The molecule has 0 radical (unpaired) electrons. The van der Waals surface area contributed by atoms with Crippen LogP contribution >= 0.6 is 0 Å². The summed E-state index contributed by atoms with van der Waals surface area (Å²) in [7, 11) is 0. The fourth-order valence-corrected chi connectivity index (χ4v) is 5.38. The summed E-state index contributed by atoms with van der Waals surface area (Å²) < 4.78 is 81.2. The van der Waals surface area contributed by atoms with Crippen molar-refractivity contribution in [1.82, 2.24) is 39.6 Å². The number of aromatic amines is 1. The maximum atomic E-state index is 13.0. The van der Waals surface area contributed by atoms with Crippen LogP contribution in [-0.4, -0.2) is 85.2 Å². The molecular formula is C29H31F5N8O3. The summed E-state index contributed by atoms with van der Waals surface area (Å²) in [6.45, 7) is 4.02. The number of nitrogens with zero attached hydrogens (tertiary/aromatic N) is 7. The van der Waals surface area contributed by atoms with E-state index in [0.717, 1.165) is 49.4 Å². The topological polar surface area (TPSA) is 116 Å². The van der Waals surface area contributed by atoms with Crippen LogP contribution in [0.2, 0.25) is 0 Å². The normalized spacial score (nSPS) is 18.0. The summed E-state index contributed by atoms with van der Waals surface area (Å²) in [6, 6.07) is 7.14. The number of alkyl halides is 5. The molecule has 2 aliphatic heterocycles. The quantitative estimate of drug-likeness (QED) is 0.170. The number of pyridine rings is 2. The van der Waals surface area contributed by atoms with E-state index in [1.54, 1.807) is 18.3 Å². The summed E-state index contributed by atoms with van der Waals surface area (Å²) >= 11 is 0. The standard InChI is InChI=1S/C29H31F5N8O3/c1-17(16-45-28(30)31)15-44-25-4-2-3-20(37-25)18-5-8-41(9-6-18)14-24-36-21-11-22(26-38-27(40-39-26)29(32,33)34)35-12-23(21)42(24)13-19-7-10-43-19/h2-4,11-12,18-19,28H,1,5-10,13-16H2,(H,38,39,40)/t19-/m0/s1. The van der Waals surface area contributed by atoms with E-state index in [2.05, 4.69) is 40.8 Å². The van der Waals surface area contributed by atoms with Crippen molar-refractivity contribution in [1.29, 1.82) is 0 Å². The highest BCUT2D eigenvalue weighted by molar-refractivity contribution is 5.78. The number of rotatable bonds is 12. The molecule has 4 aromatic heterocycles. The summed E-state index contributed by atoms with van der Waals surface area (Å²) in [5, 5.41) is 5.62. The van der Waals surface area contributed by atoms with Crippen LogP contribution in [0.5, 0.6) is 5.88 Å². The third-order valence-corrected chi connectivity index (χ3v) is 7.83. The minimum absolute atomic E-state index is 0.0261. The van der Waals surface area contributed by atoms with E-state index in [9.17, 15) is 22.0 Å². The van der Waals surface area contributed by atoms with Crippen LogP contribution in [0.25, 0.3) is 22.6 Å². The Bertz CT molecular complexity index is 1630. The molecule has 0 spiro atoms. The first-order valence-electron chi connectivity index (χ1n) is 14.5. The maximum absolute atomic E-state index is 13.0. The molecule has 0 amide bonds. The molecule has 1 atom stereocenters. The first-order chi connectivity index (χ1) is 21.6. The molecule has 0 saturated carbocycles. The van der Waals surface area contributed by atoms with Crippen molar-refractivity contribution < 1.29 is 36.2 Å². The molecule has 6 rings (SSSR count). The average molecular weight is 635 g/mol. The van der Waals surface area contributed by atoms with Crippen molar-refractivity contribution in [3.8, 4) is 17.4 Å². The third kappa shape index (κ3) is 7.45. The summed E-state index contributed by atoms with van der Waals surface area (Å²) in [6.07, 6.45) is -0.343. The highest BCUT2D eigenvalue weighted by atomic mass is 19.4. The Morgan fingerprint density at radius 2 is 1.91 bits per heavy atom. The molecule has 11 nitrogen and oxygen atoms in total. The Kier molecular flexibility index (Phi) is 9.05. The van der Waals surface area contributed by atoms with Gasteiger partial charge < -0.3 is 18.8 Å². The Morgan fingerprint density at radius 1 is 1.11 bits per heavy atom. The number of nitrogens with one attached hydrogen (secondary N) is 1. The van der Waals surface area contributed by atoms with Crippen LogP contribution in [0.3, 0.4) is 0 Å². The van der Waals surface area contributed by atoms with Gasteiger partial charge in [-0.25, -0.2) is 15.0 Å². The molecule has 0 bridgehead atoms. The van der Waals surface area contributed by atoms with Crippen molar-refractivity contribution in [3.63, 3.8) is 0 Å². The van der Waals surface area contributed by atoms with Gasteiger partial charge in [-0.15, -0.1) is 0 Å². The zero-order valence-corrected chi connectivity index (χ0v) is 24.1. The fraction of sp³-hybridized carbons (Fsp3) is 0.483. The van der Waals surface area contributed by atoms with Gasteiger partial charge in [0.1, 0.15) is 18.1 Å². The molecule has 2 fully saturated rings. The van der Waals surface area contributed by atoms with E-state index in [1.807, 2.05) is 17.2 Å². The number of aromatic nitrogens is 7. The van der Waals surface area contributed by atoms with Gasteiger partial charge >= 0.3 is 12.8 Å². The van der Waals surface area contributed by atoms with Gasteiger partial charge in [-0.3, -0.25) is 15.0 Å². The van der Waals surface area contributed by atoms with Gasteiger partial charge in [-0.2, -0.15) is 27.1 Å². The SMILES string of the molecule is C=C(COc1cccc(C2CCN(Cc3nc4cc(-c5n[nH]c(C(F)(F)F)n5)ncc4n3C[C@@H]3CCO3)CC2)n1)COC(F)F. The molecule has 0 aliphatic carbocycles. The number of H-pyrrole nitrogens is 1. The second-order valence-corrected chi connectivity index (χ2v) is 11.0. The van der Waals surface area contributed by atoms with E-state index in [4.69, 9.17) is 14.5 Å². The number of likely N-dealkylation sites (tertiary alicyclic amines) is 1. The molecule has 4 aromatic rings. The van der Waals surface area contributed by atoms with Crippen LogP contribution in [0.4, 0.5) is 22.0 Å². The van der Waals surface area contributed by atoms with E-state index >= 15 is 0 Å². The number of fused-ring (bicyclic) bond motifs is 1. The number of halogens is 5. The summed E-state index contributed by atoms with van der Waals surface area (Å²) in [5.41, 5.74) is 2.82. The Hall–Kier alpha value is -4.02. The fourth-order valence-electron chi connectivity index (χ4n) is 5.38. The molecule has 2 aliphatic rings. The Labute approximate surface area is 254 Å². The van der Waals surface area contributed by atoms with E-state index in [0.29, 0.717) is 36.7 Å². The van der Waals surface area contributed by atoms with E-state index in [-0.39, 0.29) is 36.8 Å². The first kappa shape index (κ1) is 31.0. The van der Waals surface area contributed by atoms with E-state index in [1.165, 1.54) is 0 Å². The van der Waals surface area contributed by atoms with Crippen molar-refractivity contribution in [2.24, 2.45) is 0 Å². The summed E-state index contributed by atoms with van der Waals surface area (Å²) in [4.78, 5) is 19.7. The third-order valence-electron chi connectivity index (χ3n) is 7.83. The molecule has 0 unspecified atom stereocenters. The number of piperidine rings is 1. The molecule has 240 valence electrons. The van der Waals surface area contributed by atoms with Gasteiger partial charge in [0.15, 0.2) is 5.82 Å². The van der Waals surface area contributed by atoms with Crippen LogP contribution < -0.4 is 4.74 Å². The van der Waals surface area contributed by atoms with Gasteiger partial charge in [0.2, 0.25) is 11.7 Å². The molecule has 2 saturated heterocycles. The Balaban J connectivity index is 1.12. The van der Waals surface area contributed by atoms with Gasteiger partial charge in [0.25, 0.3) is 0 Å². The molecule has 45 heavy (non-hydrogen) atoms. The van der Waals surface area contributed by atoms with Crippen molar-refractivity contribution in [2.45, 2.75) is 57.2 Å². The predicted octanol–water partition coefficient (Wildman–Crippen LogP) is 4.97. The van der Waals surface area contributed by atoms with Crippen LogP contribution in [0.1, 0.15) is 42.5 Å². The highest BCUT2D eigenvalue weighted by Gasteiger charge is 2.35. The Morgan fingerprint density at radius 3 is 2.60 bits per heavy atom. The summed E-state index contributed by atoms with van der Waals surface area (Å²) in [5.74, 6) is 0.0842. The molecule has 0 aromatic carbocycles. The lowest BCUT2D eigenvalue weighted by Gasteiger charge is -2.32. The predicted molar refractivity (Wildman–Crippen MR) is 150 cm³/mol. The zero-order chi connectivity index (χ0) is 31.6. The monoisotopic (exact) mass is 634 g/mol. The largest absolute Gasteiger partial charge is 0.473 e. The number of ether oxygens (including phenoxy) is 3. The minimum atomic E-state index is -4.64. The lowest BCUT2D eigenvalue weighted by Crippen LogP contribution is -2.35. The number of imidazole rings is 1. The van der Waals surface area contributed by atoms with E-state index < -0.39 is 18.6 Å². The lowest BCUT2D eigenvalue weighted by atomic mass is 9.93. The average Bonchev–Trinajstić information content (AvgIpc) is 3.62. The van der Waals surface area contributed by atoms with Crippen LogP contribution in [0, 0.1) is 0 Å². The van der Waals surface area contributed by atoms with Crippen LogP contribution in [-0.2, 0) is 28.7 Å². The van der Waals surface area contributed by atoms with Crippen molar-refractivity contribution in [3.05, 3.63) is 60.0 Å². The number of hydrogen-bond acceptors (Lipinski definition) is 9. The maximum Gasteiger partial charge on any atom is 0.451 e. The lowest BCUT2D eigenvalue weighted by molar-refractivity contribution is -0.144. The second-order valence-electron chi connectivity index (χ2n) is 11.0. The van der Waals surface area contributed by atoms with Gasteiger partial charge in [-0.05, 0) is 50.1 Å². The first-order valence-corrected chi connectivity index (χ1v) is 14.5. The molecule has 16 heteroatoms. The smallest absolute Gasteiger partial charge is 0.451 e. The van der Waals surface area contributed by atoms with Crippen molar-refractivity contribution in [2.75, 3.05) is 32.9 Å². The van der Waals surface area contributed by atoms with Gasteiger partial charge in [-0.1, -0.05) is 12.6 Å².